The zero-order valence-electron chi connectivity index (χ0n) is 12.5. The Bertz CT molecular complexity index is 615. The van der Waals surface area contributed by atoms with Gasteiger partial charge in [-0.05, 0) is 51.0 Å². The van der Waals surface area contributed by atoms with E-state index in [9.17, 15) is 4.79 Å². The Labute approximate surface area is 123 Å². The second kappa shape index (κ2) is 6.05. The number of hydrogen-bond donors (Lipinski definition) is 2. The van der Waals surface area contributed by atoms with Crippen LogP contribution in [0.15, 0.2) is 29.0 Å². The molecular weight excluding hydrogens is 268 g/mol. The summed E-state index contributed by atoms with van der Waals surface area (Å²) in [6, 6.07) is 5.57. The number of benzene rings is 1. The first-order chi connectivity index (χ1) is 9.85. The van der Waals surface area contributed by atoms with Crippen molar-refractivity contribution in [1.29, 1.82) is 0 Å². The maximum Gasteiger partial charge on any atom is 0.247 e. The van der Waals surface area contributed by atoms with Crippen LogP contribution >= 0.6 is 0 Å². The minimum Gasteiger partial charge on any atom is -0.423 e. The van der Waals surface area contributed by atoms with E-state index in [1.165, 1.54) is 6.39 Å². The quantitative estimate of drug-likeness (QED) is 0.881. The predicted octanol–water partition coefficient (Wildman–Crippen LogP) is 2.50. The first-order valence-electron chi connectivity index (χ1n) is 6.81. The third-order valence-corrected chi connectivity index (χ3v) is 3.10. The van der Waals surface area contributed by atoms with Crippen molar-refractivity contribution in [1.82, 2.24) is 10.2 Å². The van der Waals surface area contributed by atoms with Crippen molar-refractivity contribution in [2.24, 2.45) is 5.73 Å². The average Bonchev–Trinajstić information content (AvgIpc) is 2.92. The van der Waals surface area contributed by atoms with Crippen molar-refractivity contribution in [3.63, 3.8) is 0 Å². The van der Waals surface area contributed by atoms with Gasteiger partial charge in [-0.2, -0.15) is 0 Å². The molecule has 0 saturated carbocycles. The topological polar surface area (TPSA) is 94.0 Å². The van der Waals surface area contributed by atoms with Crippen molar-refractivity contribution in [2.45, 2.75) is 39.2 Å². The van der Waals surface area contributed by atoms with E-state index in [-0.39, 0.29) is 11.4 Å². The van der Waals surface area contributed by atoms with Gasteiger partial charge in [0.05, 0.1) is 0 Å². The minimum atomic E-state index is -0.339. The van der Waals surface area contributed by atoms with Crippen LogP contribution in [0.5, 0.6) is 0 Å². The van der Waals surface area contributed by atoms with Crippen molar-refractivity contribution in [3.05, 3.63) is 30.2 Å². The Morgan fingerprint density at radius 1 is 1.43 bits per heavy atom. The lowest BCUT2D eigenvalue weighted by molar-refractivity contribution is -0.116. The van der Waals surface area contributed by atoms with Gasteiger partial charge in [-0.1, -0.05) is 0 Å². The number of nitrogens with zero attached hydrogens (tertiary/aromatic N) is 2. The zero-order chi connectivity index (χ0) is 15.5. The summed E-state index contributed by atoms with van der Waals surface area (Å²) in [6.45, 7) is 5.73. The molecule has 112 valence electrons. The highest BCUT2D eigenvalue weighted by Gasteiger charge is 2.14. The van der Waals surface area contributed by atoms with Crippen LogP contribution < -0.4 is 11.1 Å². The Morgan fingerprint density at radius 3 is 2.76 bits per heavy atom. The minimum absolute atomic E-state index is 0.0397. The monoisotopic (exact) mass is 288 g/mol. The lowest BCUT2D eigenvalue weighted by Crippen LogP contribution is -2.33. The second-order valence-corrected chi connectivity index (χ2v) is 5.81. The van der Waals surface area contributed by atoms with E-state index in [4.69, 9.17) is 10.2 Å². The van der Waals surface area contributed by atoms with E-state index in [0.29, 0.717) is 18.7 Å². The van der Waals surface area contributed by atoms with E-state index in [1.54, 1.807) is 0 Å². The molecule has 6 heteroatoms. The van der Waals surface area contributed by atoms with Crippen LogP contribution in [0.3, 0.4) is 0 Å². The van der Waals surface area contributed by atoms with Gasteiger partial charge in [0.1, 0.15) is 0 Å². The molecule has 0 aliphatic carbocycles. The molecule has 2 rings (SSSR count). The molecule has 1 heterocycles. The second-order valence-electron chi connectivity index (χ2n) is 5.81. The van der Waals surface area contributed by atoms with Crippen molar-refractivity contribution >= 4 is 11.6 Å². The number of anilines is 1. The van der Waals surface area contributed by atoms with Gasteiger partial charge in [0.2, 0.25) is 18.2 Å². The molecular formula is C15H20N4O2. The third kappa shape index (κ3) is 4.39. The van der Waals surface area contributed by atoms with Crippen LogP contribution in [0.4, 0.5) is 5.69 Å². The van der Waals surface area contributed by atoms with Crippen LogP contribution in [-0.2, 0) is 4.79 Å². The number of aryl methyl sites for hydroxylation is 1. The Morgan fingerprint density at radius 2 is 2.19 bits per heavy atom. The highest BCUT2D eigenvalue weighted by molar-refractivity contribution is 5.91. The van der Waals surface area contributed by atoms with Crippen LogP contribution in [0, 0.1) is 6.92 Å². The molecule has 0 aliphatic heterocycles. The molecule has 0 fully saturated rings. The summed E-state index contributed by atoms with van der Waals surface area (Å²) in [7, 11) is 0. The summed E-state index contributed by atoms with van der Waals surface area (Å²) < 4.78 is 5.15. The van der Waals surface area contributed by atoms with Crippen molar-refractivity contribution in [3.8, 4) is 11.5 Å². The van der Waals surface area contributed by atoms with Gasteiger partial charge in [0.15, 0.2) is 0 Å². The van der Waals surface area contributed by atoms with Gasteiger partial charge >= 0.3 is 0 Å². The summed E-state index contributed by atoms with van der Waals surface area (Å²) in [4.78, 5) is 11.9. The number of aromatic nitrogens is 2. The van der Waals surface area contributed by atoms with Gasteiger partial charge in [-0.25, -0.2) is 0 Å². The van der Waals surface area contributed by atoms with E-state index >= 15 is 0 Å². The average molecular weight is 288 g/mol. The van der Waals surface area contributed by atoms with E-state index in [0.717, 1.165) is 16.8 Å². The van der Waals surface area contributed by atoms with Gasteiger partial charge in [-0.15, -0.1) is 10.2 Å². The molecule has 2 aromatic rings. The Kier molecular flexibility index (Phi) is 4.37. The fourth-order valence-electron chi connectivity index (χ4n) is 1.88. The number of hydrogen-bond acceptors (Lipinski definition) is 5. The fourth-order valence-corrected chi connectivity index (χ4v) is 1.88. The Balaban J connectivity index is 2.03. The van der Waals surface area contributed by atoms with Crippen LogP contribution in [0.25, 0.3) is 11.5 Å². The number of carbonyl (C=O) groups is 1. The maximum atomic E-state index is 11.9. The lowest BCUT2D eigenvalue weighted by atomic mass is 10.00. The molecule has 0 saturated heterocycles. The summed E-state index contributed by atoms with van der Waals surface area (Å²) >= 11 is 0. The predicted molar refractivity (Wildman–Crippen MR) is 80.6 cm³/mol. The Hall–Kier alpha value is -2.21. The molecule has 0 unspecified atom stereocenters. The fraction of sp³-hybridized carbons (Fsp3) is 0.400. The molecule has 1 amide bonds. The van der Waals surface area contributed by atoms with Gasteiger partial charge in [-0.3, -0.25) is 4.79 Å². The highest BCUT2D eigenvalue weighted by atomic mass is 16.4. The first-order valence-corrected chi connectivity index (χ1v) is 6.81. The SMILES string of the molecule is Cc1cc(-c2nnco2)ccc1NC(=O)CCC(C)(C)N. The number of nitrogens with two attached hydrogens (primary N) is 1. The molecule has 1 aromatic carbocycles. The molecule has 21 heavy (non-hydrogen) atoms. The van der Waals surface area contributed by atoms with Crippen LogP contribution in [0.2, 0.25) is 0 Å². The standard InChI is InChI=1S/C15H20N4O2/c1-10-8-11(14-19-17-9-21-14)4-5-12(10)18-13(20)6-7-15(2,3)16/h4-5,8-9H,6-7,16H2,1-3H3,(H,18,20). The molecule has 3 N–H and O–H groups in total. The molecule has 6 nitrogen and oxygen atoms in total. The van der Waals surface area contributed by atoms with Crippen LogP contribution in [-0.4, -0.2) is 21.6 Å². The molecule has 0 atom stereocenters. The smallest absolute Gasteiger partial charge is 0.247 e. The molecule has 0 aliphatic rings. The van der Waals surface area contributed by atoms with E-state index in [2.05, 4.69) is 15.5 Å². The zero-order valence-corrected chi connectivity index (χ0v) is 12.5. The maximum absolute atomic E-state index is 11.9. The van der Waals surface area contributed by atoms with Crippen molar-refractivity contribution in [2.75, 3.05) is 5.32 Å². The van der Waals surface area contributed by atoms with Gasteiger partial charge in [0, 0.05) is 23.2 Å². The van der Waals surface area contributed by atoms with E-state index < -0.39 is 0 Å². The van der Waals surface area contributed by atoms with E-state index in [1.807, 2.05) is 39.0 Å². The summed E-state index contributed by atoms with van der Waals surface area (Å²) in [5.41, 5.74) is 8.08. The number of carbonyl (C=O) groups excluding carboxylic acids is 1. The molecule has 0 bridgehead atoms. The molecule has 0 spiro atoms. The number of amides is 1. The van der Waals surface area contributed by atoms with Crippen molar-refractivity contribution < 1.29 is 9.21 Å². The normalized spacial score (nSPS) is 11.4. The summed E-state index contributed by atoms with van der Waals surface area (Å²) in [6.07, 6.45) is 2.32. The highest BCUT2D eigenvalue weighted by Crippen LogP contribution is 2.23. The molecule has 1 aromatic heterocycles. The number of rotatable bonds is 5. The summed E-state index contributed by atoms with van der Waals surface area (Å²) in [5, 5.41) is 10.4. The summed E-state index contributed by atoms with van der Waals surface area (Å²) in [5.74, 6) is 0.419. The molecule has 0 radical (unpaired) electrons. The largest absolute Gasteiger partial charge is 0.423 e. The van der Waals surface area contributed by atoms with Gasteiger partial charge in [0.25, 0.3) is 0 Å². The third-order valence-electron chi connectivity index (χ3n) is 3.10. The first kappa shape index (κ1) is 15.2. The van der Waals surface area contributed by atoms with Gasteiger partial charge < -0.3 is 15.5 Å². The lowest BCUT2D eigenvalue weighted by Gasteiger charge is -2.18. The number of nitrogens with one attached hydrogen (secondary N) is 1. The van der Waals surface area contributed by atoms with Crippen LogP contribution in [0.1, 0.15) is 32.3 Å².